The molecule has 1 atom stereocenters. The minimum atomic E-state index is -0.562. The van der Waals surface area contributed by atoms with Crippen LogP contribution in [0.1, 0.15) is 26.9 Å². The van der Waals surface area contributed by atoms with Crippen molar-refractivity contribution in [2.45, 2.75) is 26.3 Å². The Morgan fingerprint density at radius 1 is 1.22 bits per heavy atom. The first-order chi connectivity index (χ1) is 8.47. The molecule has 0 aliphatic heterocycles. The van der Waals surface area contributed by atoms with Gasteiger partial charge in [-0.25, -0.2) is 8.78 Å². The molecule has 0 spiro atoms. The Kier molecular flexibility index (Phi) is 3.78. The van der Waals surface area contributed by atoms with E-state index in [1.54, 1.807) is 11.3 Å². The molecule has 0 saturated carbocycles. The molecule has 1 unspecified atom stereocenters. The number of aryl methyl sites for hydroxylation is 2. The van der Waals surface area contributed by atoms with Crippen molar-refractivity contribution in [2.75, 3.05) is 0 Å². The second kappa shape index (κ2) is 5.16. The molecule has 1 aromatic carbocycles. The Morgan fingerprint density at radius 3 is 2.50 bits per heavy atom. The molecule has 0 aliphatic carbocycles. The molecule has 96 valence electrons. The number of thiophene rings is 1. The molecule has 0 fully saturated rings. The molecule has 4 heteroatoms. The summed E-state index contributed by atoms with van der Waals surface area (Å²) in [5, 5.41) is 0. The lowest BCUT2D eigenvalue weighted by Crippen LogP contribution is -2.12. The Balaban J connectivity index is 2.18. The molecule has 2 aromatic rings. The summed E-state index contributed by atoms with van der Waals surface area (Å²) in [6, 6.07) is 5.40. The minimum Gasteiger partial charge on any atom is -0.323 e. The number of rotatable bonds is 3. The van der Waals surface area contributed by atoms with Crippen molar-refractivity contribution in [1.29, 1.82) is 0 Å². The van der Waals surface area contributed by atoms with Crippen LogP contribution in [0.2, 0.25) is 0 Å². The lowest BCUT2D eigenvalue weighted by atomic mass is 10.0. The predicted octanol–water partition coefficient (Wildman–Crippen LogP) is 3.89. The average molecular weight is 267 g/mol. The van der Waals surface area contributed by atoms with Gasteiger partial charge in [0.2, 0.25) is 0 Å². The molecular formula is C14H15F2NS. The van der Waals surface area contributed by atoms with Gasteiger partial charge in [-0.05, 0) is 43.5 Å². The van der Waals surface area contributed by atoms with Gasteiger partial charge >= 0.3 is 0 Å². The molecule has 1 aromatic heterocycles. The van der Waals surface area contributed by atoms with E-state index in [9.17, 15) is 8.78 Å². The molecule has 0 amide bonds. The molecular weight excluding hydrogens is 252 g/mol. The third-order valence-electron chi connectivity index (χ3n) is 3.01. The van der Waals surface area contributed by atoms with Gasteiger partial charge in [0.1, 0.15) is 11.6 Å². The molecule has 18 heavy (non-hydrogen) atoms. The lowest BCUT2D eigenvalue weighted by molar-refractivity contribution is 0.564. The molecule has 2 rings (SSSR count). The van der Waals surface area contributed by atoms with E-state index >= 15 is 0 Å². The van der Waals surface area contributed by atoms with Gasteiger partial charge in [-0.1, -0.05) is 6.07 Å². The number of nitrogens with two attached hydrogens (primary N) is 1. The van der Waals surface area contributed by atoms with E-state index in [1.165, 1.54) is 22.6 Å². The van der Waals surface area contributed by atoms with Crippen LogP contribution in [-0.2, 0) is 6.42 Å². The molecule has 0 aliphatic rings. The van der Waals surface area contributed by atoms with Crippen LogP contribution in [0.4, 0.5) is 8.78 Å². The van der Waals surface area contributed by atoms with Crippen molar-refractivity contribution in [3.63, 3.8) is 0 Å². The SMILES string of the molecule is Cc1cc(C(N)Cc2ccc(F)cc2F)sc1C. The fraction of sp³-hybridized carbons (Fsp3) is 0.286. The van der Waals surface area contributed by atoms with Crippen molar-refractivity contribution < 1.29 is 8.78 Å². The zero-order valence-electron chi connectivity index (χ0n) is 10.3. The zero-order chi connectivity index (χ0) is 13.3. The van der Waals surface area contributed by atoms with Gasteiger partial charge in [0, 0.05) is 21.9 Å². The van der Waals surface area contributed by atoms with Crippen LogP contribution in [0.25, 0.3) is 0 Å². The van der Waals surface area contributed by atoms with Crippen LogP contribution in [-0.4, -0.2) is 0 Å². The third-order valence-corrected chi connectivity index (χ3v) is 4.29. The summed E-state index contributed by atoms with van der Waals surface area (Å²) in [4.78, 5) is 2.26. The van der Waals surface area contributed by atoms with Gasteiger partial charge in [-0.2, -0.15) is 0 Å². The van der Waals surface area contributed by atoms with Crippen LogP contribution in [0.5, 0.6) is 0 Å². The van der Waals surface area contributed by atoms with E-state index in [4.69, 9.17) is 5.73 Å². The topological polar surface area (TPSA) is 26.0 Å². The summed E-state index contributed by atoms with van der Waals surface area (Å²) in [5.74, 6) is -1.09. The molecule has 2 N–H and O–H groups in total. The first kappa shape index (κ1) is 13.2. The van der Waals surface area contributed by atoms with E-state index in [0.717, 1.165) is 10.9 Å². The second-order valence-corrected chi connectivity index (χ2v) is 5.72. The van der Waals surface area contributed by atoms with Crippen LogP contribution < -0.4 is 5.73 Å². The smallest absolute Gasteiger partial charge is 0.129 e. The normalized spacial score (nSPS) is 12.7. The highest BCUT2D eigenvalue weighted by atomic mass is 32.1. The van der Waals surface area contributed by atoms with Crippen molar-refractivity contribution >= 4 is 11.3 Å². The largest absolute Gasteiger partial charge is 0.323 e. The van der Waals surface area contributed by atoms with Crippen molar-refractivity contribution in [2.24, 2.45) is 5.73 Å². The first-order valence-electron chi connectivity index (χ1n) is 5.74. The Labute approximate surface area is 109 Å². The molecule has 1 heterocycles. The zero-order valence-corrected chi connectivity index (χ0v) is 11.2. The summed E-state index contributed by atoms with van der Waals surface area (Å²) < 4.78 is 26.3. The predicted molar refractivity (Wildman–Crippen MR) is 70.8 cm³/mol. The van der Waals surface area contributed by atoms with Gasteiger partial charge in [-0.3, -0.25) is 0 Å². The first-order valence-corrected chi connectivity index (χ1v) is 6.55. The van der Waals surface area contributed by atoms with E-state index in [2.05, 4.69) is 0 Å². The van der Waals surface area contributed by atoms with Gasteiger partial charge in [-0.15, -0.1) is 11.3 Å². The Bertz CT molecular complexity index is 543. The molecule has 1 nitrogen and oxygen atoms in total. The van der Waals surface area contributed by atoms with Crippen LogP contribution in [0.3, 0.4) is 0 Å². The number of hydrogen-bond donors (Lipinski definition) is 1. The van der Waals surface area contributed by atoms with Gasteiger partial charge in [0.25, 0.3) is 0 Å². The maximum atomic E-state index is 13.5. The van der Waals surface area contributed by atoms with Crippen LogP contribution in [0, 0.1) is 25.5 Å². The summed E-state index contributed by atoms with van der Waals surface area (Å²) >= 11 is 1.63. The van der Waals surface area contributed by atoms with Crippen molar-refractivity contribution in [3.05, 3.63) is 56.8 Å². The highest BCUT2D eigenvalue weighted by Crippen LogP contribution is 2.27. The average Bonchev–Trinajstić information content (AvgIpc) is 2.63. The van der Waals surface area contributed by atoms with Gasteiger partial charge in [0.05, 0.1) is 0 Å². The van der Waals surface area contributed by atoms with Crippen LogP contribution >= 0.6 is 11.3 Å². The van der Waals surface area contributed by atoms with E-state index < -0.39 is 11.6 Å². The molecule has 0 saturated heterocycles. The van der Waals surface area contributed by atoms with Crippen molar-refractivity contribution in [3.8, 4) is 0 Å². The van der Waals surface area contributed by atoms with Crippen LogP contribution in [0.15, 0.2) is 24.3 Å². The fourth-order valence-electron chi connectivity index (χ4n) is 1.81. The van der Waals surface area contributed by atoms with E-state index in [0.29, 0.717) is 12.0 Å². The van der Waals surface area contributed by atoms with E-state index in [1.807, 2.05) is 19.9 Å². The molecule has 0 radical (unpaired) electrons. The molecule has 0 bridgehead atoms. The monoisotopic (exact) mass is 267 g/mol. The third kappa shape index (κ3) is 2.76. The maximum Gasteiger partial charge on any atom is 0.129 e. The number of benzene rings is 1. The number of hydrogen-bond acceptors (Lipinski definition) is 2. The second-order valence-electron chi connectivity index (χ2n) is 4.43. The van der Waals surface area contributed by atoms with Crippen molar-refractivity contribution in [1.82, 2.24) is 0 Å². The van der Waals surface area contributed by atoms with Gasteiger partial charge in [0.15, 0.2) is 0 Å². The Morgan fingerprint density at radius 2 is 1.94 bits per heavy atom. The standard InChI is InChI=1S/C14H15F2NS/c1-8-5-14(18-9(8)2)13(17)6-10-3-4-11(15)7-12(10)16/h3-5,7,13H,6,17H2,1-2H3. The lowest BCUT2D eigenvalue weighted by Gasteiger charge is -2.10. The summed E-state index contributed by atoms with van der Waals surface area (Å²) in [6.07, 6.45) is 0.380. The van der Waals surface area contributed by atoms with E-state index in [-0.39, 0.29) is 6.04 Å². The highest BCUT2D eigenvalue weighted by molar-refractivity contribution is 7.12. The highest BCUT2D eigenvalue weighted by Gasteiger charge is 2.13. The van der Waals surface area contributed by atoms with Gasteiger partial charge < -0.3 is 5.73 Å². The Hall–Kier alpha value is -1.26. The summed E-state index contributed by atoms with van der Waals surface area (Å²) in [5.41, 5.74) is 7.72. The number of halogens is 2. The maximum absolute atomic E-state index is 13.5. The quantitative estimate of drug-likeness (QED) is 0.897. The summed E-state index contributed by atoms with van der Waals surface area (Å²) in [6.45, 7) is 4.06. The fourth-order valence-corrected chi connectivity index (χ4v) is 2.85. The summed E-state index contributed by atoms with van der Waals surface area (Å²) in [7, 11) is 0. The minimum absolute atomic E-state index is 0.248.